The molecule has 1 fully saturated rings. The van der Waals surface area contributed by atoms with Crippen LogP contribution in [0.2, 0.25) is 0 Å². The molecular weight excluding hydrogens is 205 g/mol. The normalized spacial score (nSPS) is 24.6. The Morgan fingerprint density at radius 1 is 1.44 bits per heavy atom. The molecule has 88 valence electrons. The summed E-state index contributed by atoms with van der Waals surface area (Å²) in [7, 11) is 0. The molecular formula is C13H18FNO. The van der Waals surface area contributed by atoms with Gasteiger partial charge in [0.1, 0.15) is 5.75 Å². The third-order valence-corrected chi connectivity index (χ3v) is 3.14. The standard InChI is InChI=1S/C13H18FNO/c1-2-16-12-5-3-4-10(6-12)13-9-15-8-11(13)7-14/h3-6,11,13,15H,2,7-9H2,1H3/t11-,13-/m0/s1. The largest absolute Gasteiger partial charge is 0.494 e. The van der Waals surface area contributed by atoms with Gasteiger partial charge in [0.05, 0.1) is 13.3 Å². The lowest BCUT2D eigenvalue weighted by atomic mass is 9.90. The van der Waals surface area contributed by atoms with E-state index >= 15 is 0 Å². The molecule has 1 N–H and O–H groups in total. The van der Waals surface area contributed by atoms with Crippen LogP contribution in [0.25, 0.3) is 0 Å². The lowest BCUT2D eigenvalue weighted by molar-refractivity contribution is 0.337. The summed E-state index contributed by atoms with van der Waals surface area (Å²) < 4.78 is 18.3. The van der Waals surface area contributed by atoms with Crippen molar-refractivity contribution in [1.82, 2.24) is 5.32 Å². The molecule has 0 aromatic heterocycles. The van der Waals surface area contributed by atoms with Gasteiger partial charge in [0.2, 0.25) is 0 Å². The van der Waals surface area contributed by atoms with Crippen LogP contribution in [0.1, 0.15) is 18.4 Å². The van der Waals surface area contributed by atoms with Gasteiger partial charge in [-0.15, -0.1) is 0 Å². The van der Waals surface area contributed by atoms with Crippen molar-refractivity contribution in [2.24, 2.45) is 5.92 Å². The lowest BCUT2D eigenvalue weighted by Gasteiger charge is -2.16. The number of hydrogen-bond acceptors (Lipinski definition) is 2. The summed E-state index contributed by atoms with van der Waals surface area (Å²) in [5.41, 5.74) is 1.18. The number of ether oxygens (including phenoxy) is 1. The maximum Gasteiger partial charge on any atom is 0.119 e. The molecule has 2 atom stereocenters. The van der Waals surface area contributed by atoms with Crippen LogP contribution in [0.15, 0.2) is 24.3 Å². The quantitative estimate of drug-likeness (QED) is 0.846. The predicted molar refractivity (Wildman–Crippen MR) is 62.7 cm³/mol. The van der Waals surface area contributed by atoms with Gasteiger partial charge in [-0.05, 0) is 24.6 Å². The summed E-state index contributed by atoms with van der Waals surface area (Å²) in [5, 5.41) is 3.24. The Hall–Kier alpha value is -1.09. The van der Waals surface area contributed by atoms with Crippen molar-refractivity contribution in [3.63, 3.8) is 0 Å². The number of halogens is 1. The molecule has 0 saturated carbocycles. The molecule has 1 aliphatic rings. The summed E-state index contributed by atoms with van der Waals surface area (Å²) in [6.07, 6.45) is 0. The van der Waals surface area contributed by atoms with Crippen LogP contribution in [0.5, 0.6) is 5.75 Å². The molecule has 2 nitrogen and oxygen atoms in total. The molecule has 0 spiro atoms. The molecule has 1 saturated heterocycles. The van der Waals surface area contributed by atoms with Crippen LogP contribution in [0.3, 0.4) is 0 Å². The Morgan fingerprint density at radius 3 is 3.06 bits per heavy atom. The first-order valence-corrected chi connectivity index (χ1v) is 5.84. The topological polar surface area (TPSA) is 21.3 Å². The summed E-state index contributed by atoms with van der Waals surface area (Å²) >= 11 is 0. The van der Waals surface area contributed by atoms with E-state index in [-0.39, 0.29) is 18.5 Å². The average Bonchev–Trinajstić information content (AvgIpc) is 2.78. The number of nitrogens with one attached hydrogen (secondary N) is 1. The first-order chi connectivity index (χ1) is 7.85. The molecule has 1 heterocycles. The maximum atomic E-state index is 12.8. The maximum absolute atomic E-state index is 12.8. The summed E-state index contributed by atoms with van der Waals surface area (Å²) in [5.74, 6) is 1.27. The van der Waals surface area contributed by atoms with Gasteiger partial charge in [0, 0.05) is 24.9 Å². The molecule has 2 rings (SSSR count). The molecule has 1 aromatic rings. The second-order valence-electron chi connectivity index (χ2n) is 4.18. The molecule has 0 radical (unpaired) electrons. The number of hydrogen-bond donors (Lipinski definition) is 1. The van der Waals surface area contributed by atoms with E-state index < -0.39 is 0 Å². The zero-order valence-corrected chi connectivity index (χ0v) is 9.58. The molecule has 0 unspecified atom stereocenters. The van der Waals surface area contributed by atoms with Crippen molar-refractivity contribution in [3.8, 4) is 5.75 Å². The van der Waals surface area contributed by atoms with Gasteiger partial charge in [-0.25, -0.2) is 0 Å². The second kappa shape index (κ2) is 5.30. The SMILES string of the molecule is CCOc1cccc([C@@H]2CNC[C@@H]2CF)c1. The van der Waals surface area contributed by atoms with Crippen molar-refractivity contribution in [3.05, 3.63) is 29.8 Å². The van der Waals surface area contributed by atoms with Gasteiger partial charge >= 0.3 is 0 Å². The van der Waals surface area contributed by atoms with Crippen LogP contribution in [-0.2, 0) is 0 Å². The zero-order valence-electron chi connectivity index (χ0n) is 9.58. The van der Waals surface area contributed by atoms with Gasteiger partial charge in [-0.2, -0.15) is 0 Å². The first-order valence-electron chi connectivity index (χ1n) is 5.84. The highest BCUT2D eigenvalue weighted by Gasteiger charge is 2.28. The van der Waals surface area contributed by atoms with Crippen LogP contribution in [0.4, 0.5) is 4.39 Å². The van der Waals surface area contributed by atoms with Gasteiger partial charge < -0.3 is 10.1 Å². The third kappa shape index (κ3) is 2.35. The number of rotatable bonds is 4. The fourth-order valence-corrected chi connectivity index (χ4v) is 2.29. The molecule has 1 aromatic carbocycles. The van der Waals surface area contributed by atoms with Crippen LogP contribution < -0.4 is 10.1 Å². The van der Waals surface area contributed by atoms with E-state index in [1.807, 2.05) is 25.1 Å². The van der Waals surface area contributed by atoms with Crippen molar-refractivity contribution in [2.75, 3.05) is 26.4 Å². The van der Waals surface area contributed by atoms with E-state index in [4.69, 9.17) is 4.74 Å². The highest BCUT2D eigenvalue weighted by atomic mass is 19.1. The van der Waals surface area contributed by atoms with E-state index in [9.17, 15) is 4.39 Å². The van der Waals surface area contributed by atoms with E-state index in [1.54, 1.807) is 0 Å². The van der Waals surface area contributed by atoms with Crippen molar-refractivity contribution in [2.45, 2.75) is 12.8 Å². The van der Waals surface area contributed by atoms with E-state index in [0.717, 1.165) is 18.8 Å². The second-order valence-corrected chi connectivity index (χ2v) is 4.18. The zero-order chi connectivity index (χ0) is 11.4. The van der Waals surface area contributed by atoms with E-state index in [1.165, 1.54) is 5.56 Å². The van der Waals surface area contributed by atoms with E-state index in [0.29, 0.717) is 6.61 Å². The van der Waals surface area contributed by atoms with Gasteiger partial charge in [0.15, 0.2) is 0 Å². The Kier molecular flexibility index (Phi) is 3.78. The monoisotopic (exact) mass is 223 g/mol. The lowest BCUT2D eigenvalue weighted by Crippen LogP contribution is -2.12. The summed E-state index contributed by atoms with van der Waals surface area (Å²) in [6, 6.07) is 8.01. The minimum absolute atomic E-state index is 0.108. The highest BCUT2D eigenvalue weighted by molar-refractivity contribution is 5.32. The van der Waals surface area contributed by atoms with Gasteiger partial charge in [-0.3, -0.25) is 4.39 Å². The predicted octanol–water partition coefficient (Wildman–Crippen LogP) is 2.36. The Labute approximate surface area is 95.8 Å². The van der Waals surface area contributed by atoms with Crippen LogP contribution >= 0.6 is 0 Å². The van der Waals surface area contributed by atoms with Gasteiger partial charge in [0.25, 0.3) is 0 Å². The molecule has 0 bridgehead atoms. The van der Waals surface area contributed by atoms with Crippen LogP contribution in [0, 0.1) is 5.92 Å². The minimum Gasteiger partial charge on any atom is -0.494 e. The fraction of sp³-hybridized carbons (Fsp3) is 0.538. The summed E-state index contributed by atoms with van der Waals surface area (Å²) in [4.78, 5) is 0. The molecule has 0 aliphatic carbocycles. The Morgan fingerprint density at radius 2 is 2.31 bits per heavy atom. The Bertz CT molecular complexity index is 342. The minimum atomic E-state index is -0.253. The van der Waals surface area contributed by atoms with E-state index in [2.05, 4.69) is 11.4 Å². The first kappa shape index (κ1) is 11.4. The third-order valence-electron chi connectivity index (χ3n) is 3.14. The number of alkyl halides is 1. The highest BCUT2D eigenvalue weighted by Crippen LogP contribution is 2.30. The van der Waals surface area contributed by atoms with Crippen molar-refractivity contribution in [1.29, 1.82) is 0 Å². The molecule has 1 aliphatic heterocycles. The summed E-state index contributed by atoms with van der Waals surface area (Å²) in [6.45, 7) is 4.02. The van der Waals surface area contributed by atoms with Crippen molar-refractivity contribution >= 4 is 0 Å². The average molecular weight is 223 g/mol. The van der Waals surface area contributed by atoms with Crippen LogP contribution in [-0.4, -0.2) is 26.4 Å². The number of benzene rings is 1. The molecule has 0 amide bonds. The fourth-order valence-electron chi connectivity index (χ4n) is 2.29. The molecule has 16 heavy (non-hydrogen) atoms. The van der Waals surface area contributed by atoms with Crippen molar-refractivity contribution < 1.29 is 9.13 Å². The smallest absolute Gasteiger partial charge is 0.119 e. The Balaban J connectivity index is 2.16. The van der Waals surface area contributed by atoms with Gasteiger partial charge in [-0.1, -0.05) is 12.1 Å². The molecule has 3 heteroatoms.